The van der Waals surface area contributed by atoms with Gasteiger partial charge in [-0.3, -0.25) is 9.78 Å². The number of anilines is 1. The highest BCUT2D eigenvalue weighted by Crippen LogP contribution is 2.27. The van der Waals surface area contributed by atoms with Crippen LogP contribution in [0.15, 0.2) is 47.5 Å². The highest BCUT2D eigenvalue weighted by molar-refractivity contribution is 7.89. The molecule has 1 aromatic heterocycles. The van der Waals surface area contributed by atoms with Gasteiger partial charge in [-0.15, -0.1) is 0 Å². The highest BCUT2D eigenvalue weighted by Gasteiger charge is 2.32. The molecule has 0 fully saturated rings. The fourth-order valence-electron chi connectivity index (χ4n) is 1.65. The molecule has 1 heterocycles. The van der Waals surface area contributed by atoms with E-state index in [1.807, 2.05) is 0 Å². The monoisotopic (exact) mass is 345 g/mol. The average Bonchev–Trinajstić information content (AvgIpc) is 2.46. The summed E-state index contributed by atoms with van der Waals surface area (Å²) in [5.41, 5.74) is -1.11. The predicted octanol–water partition coefficient (Wildman–Crippen LogP) is 2.00. The minimum absolute atomic E-state index is 0.112. The standard InChI is InChI=1S/C13H10F3N3O3S/c14-13(15,16)11-5-4-8(7-18-11)12(20)19-9-2-1-3-10(6-9)23(17,21)22/h1-7H,(H,19,20)(H2,17,21,22). The molecule has 0 aliphatic carbocycles. The molecule has 0 atom stereocenters. The second-order valence-corrected chi connectivity index (χ2v) is 6.02. The molecule has 0 saturated heterocycles. The van der Waals surface area contributed by atoms with Gasteiger partial charge in [0.05, 0.1) is 10.5 Å². The van der Waals surface area contributed by atoms with Gasteiger partial charge in [-0.2, -0.15) is 13.2 Å². The van der Waals surface area contributed by atoms with Gasteiger partial charge in [-0.1, -0.05) is 6.07 Å². The van der Waals surface area contributed by atoms with Crippen molar-refractivity contribution >= 4 is 21.6 Å². The first-order chi connectivity index (χ1) is 10.6. The minimum Gasteiger partial charge on any atom is -0.322 e. The number of carbonyl (C=O) groups excluding carboxylic acids is 1. The number of aromatic nitrogens is 1. The molecule has 2 rings (SSSR count). The Bertz CT molecular complexity index is 834. The Morgan fingerprint density at radius 2 is 1.87 bits per heavy atom. The molecule has 0 unspecified atom stereocenters. The average molecular weight is 345 g/mol. The first-order valence-corrected chi connectivity index (χ1v) is 7.59. The second kappa shape index (κ2) is 5.97. The van der Waals surface area contributed by atoms with Gasteiger partial charge in [0.1, 0.15) is 5.69 Å². The molecule has 0 radical (unpaired) electrons. The van der Waals surface area contributed by atoms with Crippen molar-refractivity contribution in [2.24, 2.45) is 5.14 Å². The number of hydrogen-bond donors (Lipinski definition) is 2. The quantitative estimate of drug-likeness (QED) is 0.888. The zero-order chi connectivity index (χ0) is 17.3. The Balaban J connectivity index is 2.20. The molecule has 10 heteroatoms. The maximum atomic E-state index is 12.4. The lowest BCUT2D eigenvalue weighted by Crippen LogP contribution is -2.15. The van der Waals surface area contributed by atoms with Crippen LogP contribution in [0.4, 0.5) is 18.9 Å². The molecular formula is C13H10F3N3O3S. The van der Waals surface area contributed by atoms with E-state index in [1.54, 1.807) is 0 Å². The van der Waals surface area contributed by atoms with Crippen LogP contribution in [-0.4, -0.2) is 19.3 Å². The van der Waals surface area contributed by atoms with Crippen LogP contribution >= 0.6 is 0 Å². The van der Waals surface area contributed by atoms with Crippen LogP contribution in [0, 0.1) is 0 Å². The van der Waals surface area contributed by atoms with E-state index in [-0.39, 0.29) is 16.1 Å². The third kappa shape index (κ3) is 4.27. The normalized spacial score (nSPS) is 12.0. The number of rotatable bonds is 3. The summed E-state index contributed by atoms with van der Waals surface area (Å²) < 4.78 is 59.6. The van der Waals surface area contributed by atoms with Crippen LogP contribution in [0.3, 0.4) is 0 Å². The van der Waals surface area contributed by atoms with Crippen molar-refractivity contribution in [2.75, 3.05) is 5.32 Å². The summed E-state index contributed by atoms with van der Waals surface area (Å²) in [7, 11) is -3.94. The number of nitrogens with zero attached hydrogens (tertiary/aromatic N) is 1. The molecule has 0 bridgehead atoms. The highest BCUT2D eigenvalue weighted by atomic mass is 32.2. The van der Waals surface area contributed by atoms with Crippen molar-refractivity contribution in [1.29, 1.82) is 0 Å². The minimum atomic E-state index is -4.60. The van der Waals surface area contributed by atoms with E-state index in [9.17, 15) is 26.4 Å². The van der Waals surface area contributed by atoms with E-state index >= 15 is 0 Å². The van der Waals surface area contributed by atoms with Crippen LogP contribution in [0.1, 0.15) is 16.1 Å². The molecule has 0 spiro atoms. The second-order valence-electron chi connectivity index (χ2n) is 4.46. The van der Waals surface area contributed by atoms with Crippen molar-refractivity contribution in [3.8, 4) is 0 Å². The Kier molecular flexibility index (Phi) is 4.39. The van der Waals surface area contributed by atoms with E-state index in [4.69, 9.17) is 5.14 Å². The molecular weight excluding hydrogens is 335 g/mol. The van der Waals surface area contributed by atoms with E-state index in [0.717, 1.165) is 18.3 Å². The molecule has 23 heavy (non-hydrogen) atoms. The van der Waals surface area contributed by atoms with Gasteiger partial charge in [0.15, 0.2) is 0 Å². The van der Waals surface area contributed by atoms with Crippen molar-refractivity contribution in [3.05, 3.63) is 53.9 Å². The summed E-state index contributed by atoms with van der Waals surface area (Å²) in [5, 5.41) is 7.32. The number of benzene rings is 1. The fraction of sp³-hybridized carbons (Fsp3) is 0.0769. The van der Waals surface area contributed by atoms with Gasteiger partial charge in [-0.25, -0.2) is 13.6 Å². The van der Waals surface area contributed by atoms with Crippen LogP contribution in [-0.2, 0) is 16.2 Å². The van der Waals surface area contributed by atoms with Gasteiger partial charge in [0, 0.05) is 11.9 Å². The Morgan fingerprint density at radius 3 is 2.39 bits per heavy atom. The first kappa shape index (κ1) is 16.9. The smallest absolute Gasteiger partial charge is 0.322 e. The molecule has 0 aliphatic rings. The summed E-state index contributed by atoms with van der Waals surface area (Å²) >= 11 is 0. The lowest BCUT2D eigenvalue weighted by molar-refractivity contribution is -0.141. The topological polar surface area (TPSA) is 102 Å². The summed E-state index contributed by atoms with van der Waals surface area (Å²) in [6.07, 6.45) is -3.82. The van der Waals surface area contributed by atoms with Gasteiger partial charge in [0.2, 0.25) is 10.0 Å². The van der Waals surface area contributed by atoms with E-state index < -0.39 is 27.8 Å². The molecule has 122 valence electrons. The number of nitrogens with one attached hydrogen (secondary N) is 1. The molecule has 3 N–H and O–H groups in total. The van der Waals surface area contributed by atoms with E-state index in [1.165, 1.54) is 18.2 Å². The Hall–Kier alpha value is -2.46. The van der Waals surface area contributed by atoms with E-state index in [0.29, 0.717) is 6.07 Å². The van der Waals surface area contributed by atoms with Crippen molar-refractivity contribution < 1.29 is 26.4 Å². The van der Waals surface area contributed by atoms with Crippen LogP contribution < -0.4 is 10.5 Å². The zero-order valence-electron chi connectivity index (χ0n) is 11.3. The maximum absolute atomic E-state index is 12.4. The number of hydrogen-bond acceptors (Lipinski definition) is 4. The van der Waals surface area contributed by atoms with Gasteiger partial charge >= 0.3 is 6.18 Å². The Labute approximate surface area is 129 Å². The van der Waals surface area contributed by atoms with E-state index in [2.05, 4.69) is 10.3 Å². The van der Waals surface area contributed by atoms with Crippen LogP contribution in [0.2, 0.25) is 0 Å². The number of pyridine rings is 1. The number of primary sulfonamides is 1. The summed E-state index contributed by atoms with van der Waals surface area (Å²) in [4.78, 5) is 14.9. The predicted molar refractivity (Wildman–Crippen MR) is 75.0 cm³/mol. The lowest BCUT2D eigenvalue weighted by atomic mass is 10.2. The number of amides is 1. The number of alkyl halides is 3. The number of nitrogens with two attached hydrogens (primary N) is 1. The Morgan fingerprint density at radius 1 is 1.17 bits per heavy atom. The molecule has 2 aromatic rings. The molecule has 1 aromatic carbocycles. The third-order valence-corrected chi connectivity index (χ3v) is 3.65. The fourth-order valence-corrected chi connectivity index (χ4v) is 2.21. The van der Waals surface area contributed by atoms with Crippen molar-refractivity contribution in [3.63, 3.8) is 0 Å². The van der Waals surface area contributed by atoms with Gasteiger partial charge < -0.3 is 5.32 Å². The summed E-state index contributed by atoms with van der Waals surface area (Å²) in [6, 6.07) is 6.78. The summed E-state index contributed by atoms with van der Waals surface area (Å²) in [5.74, 6) is -0.738. The zero-order valence-corrected chi connectivity index (χ0v) is 12.1. The largest absolute Gasteiger partial charge is 0.433 e. The summed E-state index contributed by atoms with van der Waals surface area (Å²) in [6.45, 7) is 0. The number of sulfonamides is 1. The van der Waals surface area contributed by atoms with Crippen LogP contribution in [0.25, 0.3) is 0 Å². The first-order valence-electron chi connectivity index (χ1n) is 6.05. The molecule has 0 aliphatic heterocycles. The number of carbonyl (C=O) groups is 1. The number of halogens is 3. The maximum Gasteiger partial charge on any atom is 0.433 e. The lowest BCUT2D eigenvalue weighted by Gasteiger charge is -2.08. The SMILES string of the molecule is NS(=O)(=O)c1cccc(NC(=O)c2ccc(C(F)(F)F)nc2)c1. The van der Waals surface area contributed by atoms with Crippen molar-refractivity contribution in [1.82, 2.24) is 4.98 Å². The van der Waals surface area contributed by atoms with Crippen LogP contribution in [0.5, 0.6) is 0 Å². The van der Waals surface area contributed by atoms with Gasteiger partial charge in [-0.05, 0) is 30.3 Å². The molecule has 1 amide bonds. The molecule has 0 saturated carbocycles. The van der Waals surface area contributed by atoms with Crippen molar-refractivity contribution in [2.45, 2.75) is 11.1 Å². The van der Waals surface area contributed by atoms with Gasteiger partial charge in [0.25, 0.3) is 5.91 Å². The third-order valence-electron chi connectivity index (χ3n) is 2.74. The molecule has 6 nitrogen and oxygen atoms in total.